The van der Waals surface area contributed by atoms with E-state index in [2.05, 4.69) is 4.74 Å². The number of rotatable bonds is 3. The second-order valence-corrected chi connectivity index (χ2v) is 2.81. The lowest BCUT2D eigenvalue weighted by atomic mass is 10.3. The van der Waals surface area contributed by atoms with Gasteiger partial charge in [0.25, 0.3) is 0 Å². The van der Waals surface area contributed by atoms with Gasteiger partial charge in [-0.3, -0.25) is 4.79 Å². The van der Waals surface area contributed by atoms with Gasteiger partial charge in [-0.15, -0.1) is 0 Å². The number of ether oxygens (including phenoxy) is 1. The number of esters is 1. The zero-order valence-corrected chi connectivity index (χ0v) is 7.73. The predicted octanol–water partition coefficient (Wildman–Crippen LogP) is 0.714. The third-order valence-corrected chi connectivity index (χ3v) is 1.82. The first kappa shape index (κ1) is 9.80. The fourth-order valence-electron chi connectivity index (χ4n) is 1.15. The van der Waals surface area contributed by atoms with E-state index in [0.29, 0.717) is 5.69 Å². The molecule has 0 aliphatic heterocycles. The van der Waals surface area contributed by atoms with Gasteiger partial charge in [0.05, 0.1) is 13.2 Å². The first-order valence-electron chi connectivity index (χ1n) is 4.05. The van der Waals surface area contributed by atoms with Crippen LogP contribution in [0.1, 0.15) is 18.7 Å². The number of methoxy groups -OCH3 is 1. The maximum atomic E-state index is 10.9. The van der Waals surface area contributed by atoms with Crippen LogP contribution in [0.4, 0.5) is 0 Å². The van der Waals surface area contributed by atoms with E-state index in [4.69, 9.17) is 0 Å². The summed E-state index contributed by atoms with van der Waals surface area (Å²) in [5.41, 5.74) is 0.713. The summed E-state index contributed by atoms with van der Waals surface area (Å²) < 4.78 is 6.18. The maximum absolute atomic E-state index is 10.9. The van der Waals surface area contributed by atoms with Gasteiger partial charge in [-0.1, -0.05) is 0 Å². The van der Waals surface area contributed by atoms with E-state index in [1.807, 2.05) is 0 Å². The molecule has 4 heteroatoms. The van der Waals surface area contributed by atoms with Gasteiger partial charge < -0.3 is 14.4 Å². The topological polar surface area (TPSA) is 51.5 Å². The van der Waals surface area contributed by atoms with Crippen molar-refractivity contribution in [2.24, 2.45) is 0 Å². The van der Waals surface area contributed by atoms with E-state index >= 15 is 0 Å². The molecule has 0 fully saturated rings. The molecule has 1 atom stereocenters. The molecule has 1 unspecified atom stereocenters. The molecule has 0 radical (unpaired) electrons. The molecule has 72 valence electrons. The highest BCUT2D eigenvalue weighted by Gasteiger charge is 2.09. The lowest BCUT2D eigenvalue weighted by Gasteiger charge is -2.09. The molecule has 0 saturated carbocycles. The lowest BCUT2D eigenvalue weighted by Crippen LogP contribution is -2.13. The minimum absolute atomic E-state index is 0.143. The van der Waals surface area contributed by atoms with Crippen molar-refractivity contribution >= 4 is 5.97 Å². The van der Waals surface area contributed by atoms with Crippen molar-refractivity contribution < 1.29 is 14.6 Å². The highest BCUT2D eigenvalue weighted by atomic mass is 16.5. The van der Waals surface area contributed by atoms with E-state index in [1.165, 1.54) is 7.11 Å². The van der Waals surface area contributed by atoms with Crippen molar-refractivity contribution in [1.29, 1.82) is 0 Å². The summed E-state index contributed by atoms with van der Waals surface area (Å²) in [7, 11) is 1.34. The van der Waals surface area contributed by atoms with Crippen LogP contribution in [-0.4, -0.2) is 22.8 Å². The monoisotopic (exact) mass is 183 g/mol. The second kappa shape index (κ2) is 4.09. The first-order chi connectivity index (χ1) is 6.15. The minimum Gasteiger partial charge on any atom is -0.468 e. The van der Waals surface area contributed by atoms with Gasteiger partial charge in [-0.25, -0.2) is 0 Å². The number of hydrogen-bond donors (Lipinski definition) is 1. The normalized spacial score (nSPS) is 12.5. The molecule has 1 aromatic heterocycles. The number of carbonyl (C=O) groups is 1. The zero-order valence-electron chi connectivity index (χ0n) is 7.73. The molecule has 0 aliphatic rings. The Kier molecular flexibility index (Phi) is 3.08. The average molecular weight is 183 g/mol. The van der Waals surface area contributed by atoms with Gasteiger partial charge in [-0.2, -0.15) is 0 Å². The smallest absolute Gasteiger partial charge is 0.325 e. The predicted molar refractivity (Wildman–Crippen MR) is 47.1 cm³/mol. The van der Waals surface area contributed by atoms with Crippen LogP contribution >= 0.6 is 0 Å². The summed E-state index contributed by atoms with van der Waals surface area (Å²) in [4.78, 5) is 10.9. The highest BCUT2D eigenvalue weighted by molar-refractivity contribution is 5.69. The molecule has 1 aromatic rings. The van der Waals surface area contributed by atoms with E-state index in [1.54, 1.807) is 29.8 Å². The molecule has 4 nitrogen and oxygen atoms in total. The lowest BCUT2D eigenvalue weighted by molar-refractivity contribution is -0.141. The largest absolute Gasteiger partial charge is 0.468 e. The Labute approximate surface area is 76.7 Å². The van der Waals surface area contributed by atoms with Gasteiger partial charge in [0, 0.05) is 11.9 Å². The number of aliphatic hydroxyl groups is 1. The first-order valence-corrected chi connectivity index (χ1v) is 4.05. The molecule has 1 N–H and O–H groups in total. The second-order valence-electron chi connectivity index (χ2n) is 2.81. The van der Waals surface area contributed by atoms with Gasteiger partial charge in [0.15, 0.2) is 0 Å². The summed E-state index contributed by atoms with van der Waals surface area (Å²) >= 11 is 0. The minimum atomic E-state index is -0.570. The number of aromatic nitrogens is 1. The third-order valence-electron chi connectivity index (χ3n) is 1.82. The van der Waals surface area contributed by atoms with Crippen molar-refractivity contribution in [2.45, 2.75) is 19.6 Å². The Morgan fingerprint density at radius 2 is 2.46 bits per heavy atom. The summed E-state index contributed by atoms with van der Waals surface area (Å²) in [5, 5.41) is 9.31. The average Bonchev–Trinajstić information content (AvgIpc) is 2.52. The van der Waals surface area contributed by atoms with Crippen LogP contribution < -0.4 is 0 Å². The van der Waals surface area contributed by atoms with Gasteiger partial charge in [0.2, 0.25) is 0 Å². The Morgan fingerprint density at radius 3 is 3.00 bits per heavy atom. The standard InChI is InChI=1S/C9H13NO3/c1-7(11)8-4-3-5-10(8)6-9(12)13-2/h3-5,7,11H,6H2,1-2H3. The number of nitrogens with zero attached hydrogens (tertiary/aromatic N) is 1. The van der Waals surface area contributed by atoms with Crippen LogP contribution in [0.3, 0.4) is 0 Å². The summed E-state index contributed by atoms with van der Waals surface area (Å²) in [6.45, 7) is 1.80. The van der Waals surface area contributed by atoms with Gasteiger partial charge in [0.1, 0.15) is 6.54 Å². The van der Waals surface area contributed by atoms with Crippen LogP contribution in [0.25, 0.3) is 0 Å². The van der Waals surface area contributed by atoms with E-state index < -0.39 is 6.10 Å². The Morgan fingerprint density at radius 1 is 1.77 bits per heavy atom. The van der Waals surface area contributed by atoms with E-state index in [9.17, 15) is 9.90 Å². The molecular weight excluding hydrogens is 170 g/mol. The van der Waals surface area contributed by atoms with Crippen LogP contribution in [0, 0.1) is 0 Å². The summed E-state index contributed by atoms with van der Waals surface area (Å²) in [5.74, 6) is -0.321. The molecular formula is C9H13NO3. The van der Waals surface area contributed by atoms with Crippen LogP contribution in [-0.2, 0) is 16.1 Å². The van der Waals surface area contributed by atoms with Gasteiger partial charge >= 0.3 is 5.97 Å². The van der Waals surface area contributed by atoms with Crippen molar-refractivity contribution in [2.75, 3.05) is 7.11 Å². The Balaban J connectivity index is 2.76. The highest BCUT2D eigenvalue weighted by Crippen LogP contribution is 2.12. The molecule has 1 rings (SSSR count). The summed E-state index contributed by atoms with van der Waals surface area (Å²) in [6.07, 6.45) is 1.17. The summed E-state index contributed by atoms with van der Waals surface area (Å²) in [6, 6.07) is 3.55. The molecule has 0 amide bonds. The van der Waals surface area contributed by atoms with Crippen molar-refractivity contribution in [3.05, 3.63) is 24.0 Å². The number of aliphatic hydroxyl groups excluding tert-OH is 1. The van der Waals surface area contributed by atoms with E-state index in [0.717, 1.165) is 0 Å². The fraction of sp³-hybridized carbons (Fsp3) is 0.444. The molecule has 0 spiro atoms. The van der Waals surface area contributed by atoms with Gasteiger partial charge in [-0.05, 0) is 19.1 Å². The molecule has 0 bridgehead atoms. The third kappa shape index (κ3) is 2.32. The molecule has 0 saturated heterocycles. The maximum Gasteiger partial charge on any atom is 0.325 e. The molecule has 0 aliphatic carbocycles. The number of carbonyl (C=O) groups excluding carboxylic acids is 1. The SMILES string of the molecule is COC(=O)Cn1cccc1C(C)O. The van der Waals surface area contributed by atoms with E-state index in [-0.39, 0.29) is 12.5 Å². The van der Waals surface area contributed by atoms with Crippen molar-refractivity contribution in [3.8, 4) is 0 Å². The van der Waals surface area contributed by atoms with Crippen molar-refractivity contribution in [1.82, 2.24) is 4.57 Å². The molecule has 1 heterocycles. The van der Waals surface area contributed by atoms with Crippen LogP contribution in [0.15, 0.2) is 18.3 Å². The molecule has 13 heavy (non-hydrogen) atoms. The van der Waals surface area contributed by atoms with Crippen LogP contribution in [0.2, 0.25) is 0 Å². The number of hydrogen-bond acceptors (Lipinski definition) is 3. The quantitative estimate of drug-likeness (QED) is 0.702. The van der Waals surface area contributed by atoms with Crippen LogP contribution in [0.5, 0.6) is 0 Å². The Hall–Kier alpha value is -1.29. The van der Waals surface area contributed by atoms with Crippen molar-refractivity contribution in [3.63, 3.8) is 0 Å². The fourth-order valence-corrected chi connectivity index (χ4v) is 1.15. The Bertz CT molecular complexity index is 291. The molecule has 0 aromatic carbocycles. The zero-order chi connectivity index (χ0) is 9.84.